The Labute approximate surface area is 110 Å². The van der Waals surface area contributed by atoms with Crippen LogP contribution in [0.15, 0.2) is 11.6 Å². The lowest BCUT2D eigenvalue weighted by atomic mass is 10.1. The van der Waals surface area contributed by atoms with E-state index in [1.54, 1.807) is 4.88 Å². The summed E-state index contributed by atoms with van der Waals surface area (Å²) in [4.78, 5) is 1.59. The van der Waals surface area contributed by atoms with Crippen LogP contribution in [0.2, 0.25) is 0 Å². The zero-order chi connectivity index (χ0) is 12.5. The van der Waals surface area contributed by atoms with Crippen molar-refractivity contribution in [1.82, 2.24) is 0 Å². The average molecular weight is 252 g/mol. The summed E-state index contributed by atoms with van der Waals surface area (Å²) in [5.74, 6) is 0. The Morgan fingerprint density at radius 2 is 2.00 bits per heavy atom. The Bertz CT molecular complexity index is 339. The predicted molar refractivity (Wildman–Crippen MR) is 77.4 cm³/mol. The second-order valence-corrected chi connectivity index (χ2v) is 5.40. The summed E-state index contributed by atoms with van der Waals surface area (Å²) in [5.41, 5.74) is 3.76. The topological polar surface area (TPSA) is 3.88 Å². The summed E-state index contributed by atoms with van der Waals surface area (Å²) in [6, 6.07) is 0. The molecule has 0 saturated heterocycles. The van der Waals surface area contributed by atoms with Gasteiger partial charge in [0.1, 0.15) is 0 Å². The maximum atomic E-state index is 2.31. The molecule has 0 amide bonds. The molecule has 0 N–H and O–H groups in total. The molecular weight excluding hydrogens is 226 g/mol. The number of allylic oxidation sites excluding steroid dienone is 1. The SMILES string of the molecule is CCC=C[n+]1csc(CCCCCC)c1CC. The highest BCUT2D eigenvalue weighted by atomic mass is 32.1. The standard InChI is InChI=1S/C15H26NS/c1-4-7-9-10-11-15-14(6-3)16(13-17-15)12-8-5-2/h8,12-13H,4-7,9-11H2,1-3H3/q+1. The zero-order valence-corrected chi connectivity index (χ0v) is 12.4. The van der Waals surface area contributed by atoms with Gasteiger partial charge in [-0.2, -0.15) is 4.57 Å². The van der Waals surface area contributed by atoms with E-state index in [0.717, 1.165) is 12.8 Å². The minimum Gasteiger partial charge on any atom is -0.161 e. The van der Waals surface area contributed by atoms with Crippen LogP contribution in [-0.2, 0) is 12.8 Å². The number of unbranched alkanes of at least 4 members (excludes halogenated alkanes) is 3. The van der Waals surface area contributed by atoms with E-state index < -0.39 is 0 Å². The molecule has 1 nitrogen and oxygen atoms in total. The first-order valence-electron chi connectivity index (χ1n) is 7.00. The lowest BCUT2D eigenvalue weighted by Crippen LogP contribution is -2.28. The fourth-order valence-electron chi connectivity index (χ4n) is 2.04. The normalized spacial score (nSPS) is 11.5. The molecule has 0 aliphatic rings. The Morgan fingerprint density at radius 1 is 1.18 bits per heavy atom. The minimum absolute atomic E-state index is 1.11. The second kappa shape index (κ2) is 8.46. The summed E-state index contributed by atoms with van der Waals surface area (Å²) in [5, 5.41) is 0. The Balaban J connectivity index is 2.59. The molecule has 0 bridgehead atoms. The number of hydrogen-bond donors (Lipinski definition) is 0. The molecule has 96 valence electrons. The van der Waals surface area contributed by atoms with E-state index in [1.807, 2.05) is 11.3 Å². The van der Waals surface area contributed by atoms with E-state index in [4.69, 9.17) is 0 Å². The smallest absolute Gasteiger partial charge is 0.161 e. The first-order valence-corrected chi connectivity index (χ1v) is 7.88. The lowest BCUT2D eigenvalue weighted by Gasteiger charge is -1.98. The van der Waals surface area contributed by atoms with Gasteiger partial charge in [-0.25, -0.2) is 0 Å². The highest BCUT2D eigenvalue weighted by Gasteiger charge is 2.15. The van der Waals surface area contributed by atoms with Crippen molar-refractivity contribution in [2.24, 2.45) is 0 Å². The molecule has 1 aromatic rings. The molecule has 0 atom stereocenters. The third-order valence-electron chi connectivity index (χ3n) is 3.04. The van der Waals surface area contributed by atoms with Gasteiger partial charge in [-0.1, -0.05) is 51.4 Å². The molecule has 1 aromatic heterocycles. The van der Waals surface area contributed by atoms with E-state index in [0.29, 0.717) is 0 Å². The summed E-state index contributed by atoms with van der Waals surface area (Å²) in [6.07, 6.45) is 13.4. The van der Waals surface area contributed by atoms with Crippen molar-refractivity contribution >= 4 is 17.5 Å². The summed E-state index contributed by atoms with van der Waals surface area (Å²) in [6.45, 7) is 6.71. The van der Waals surface area contributed by atoms with Crippen molar-refractivity contribution < 1.29 is 4.57 Å². The number of hydrogen-bond acceptors (Lipinski definition) is 1. The molecular formula is C15H26NS+. The highest BCUT2D eigenvalue weighted by Crippen LogP contribution is 2.16. The van der Waals surface area contributed by atoms with Gasteiger partial charge in [-0.15, -0.1) is 0 Å². The van der Waals surface area contributed by atoms with Gasteiger partial charge in [0.15, 0.2) is 6.20 Å². The molecule has 0 unspecified atom stereocenters. The fourth-order valence-corrected chi connectivity index (χ4v) is 3.12. The van der Waals surface area contributed by atoms with Gasteiger partial charge in [0.05, 0.1) is 4.88 Å². The Kier molecular flexibility index (Phi) is 7.18. The summed E-state index contributed by atoms with van der Waals surface area (Å²) in [7, 11) is 0. The maximum Gasteiger partial charge on any atom is 0.230 e. The number of rotatable bonds is 8. The van der Waals surface area contributed by atoms with Crippen LogP contribution in [0, 0.1) is 0 Å². The van der Waals surface area contributed by atoms with Gasteiger partial charge in [0.2, 0.25) is 11.2 Å². The van der Waals surface area contributed by atoms with Crippen LogP contribution >= 0.6 is 11.3 Å². The minimum atomic E-state index is 1.11. The highest BCUT2D eigenvalue weighted by molar-refractivity contribution is 7.09. The quantitative estimate of drug-likeness (QED) is 0.470. The molecule has 0 aliphatic carbocycles. The van der Waals surface area contributed by atoms with Crippen molar-refractivity contribution in [2.45, 2.75) is 65.7 Å². The third-order valence-corrected chi connectivity index (χ3v) is 4.09. The fraction of sp³-hybridized carbons (Fsp3) is 0.667. The molecule has 0 aliphatic heterocycles. The van der Waals surface area contributed by atoms with Gasteiger partial charge in [0.25, 0.3) is 0 Å². The molecule has 1 heterocycles. The van der Waals surface area contributed by atoms with Crippen LogP contribution < -0.4 is 4.57 Å². The van der Waals surface area contributed by atoms with E-state index >= 15 is 0 Å². The van der Waals surface area contributed by atoms with Crippen molar-refractivity contribution in [2.75, 3.05) is 0 Å². The van der Waals surface area contributed by atoms with Gasteiger partial charge in [-0.05, 0) is 25.3 Å². The molecule has 0 radical (unpaired) electrons. The number of aryl methyl sites for hydroxylation is 1. The Morgan fingerprint density at radius 3 is 2.65 bits per heavy atom. The second-order valence-electron chi connectivity index (χ2n) is 4.46. The third kappa shape index (κ3) is 4.63. The van der Waals surface area contributed by atoms with Crippen LogP contribution in [0.4, 0.5) is 0 Å². The largest absolute Gasteiger partial charge is 0.230 e. The van der Waals surface area contributed by atoms with E-state index in [-0.39, 0.29) is 0 Å². The average Bonchev–Trinajstić information content (AvgIpc) is 2.74. The molecule has 0 spiro atoms. The van der Waals surface area contributed by atoms with E-state index in [9.17, 15) is 0 Å². The Hall–Kier alpha value is -0.630. The van der Waals surface area contributed by atoms with Gasteiger partial charge in [0, 0.05) is 6.42 Å². The first-order chi connectivity index (χ1) is 8.33. The van der Waals surface area contributed by atoms with Crippen LogP contribution in [-0.4, -0.2) is 0 Å². The van der Waals surface area contributed by atoms with Gasteiger partial charge in [-0.3, -0.25) is 0 Å². The zero-order valence-electron chi connectivity index (χ0n) is 11.5. The predicted octanol–water partition coefficient (Wildman–Crippen LogP) is 4.60. The number of thiazole rings is 1. The summed E-state index contributed by atoms with van der Waals surface area (Å²) < 4.78 is 2.31. The molecule has 0 fully saturated rings. The molecule has 0 saturated carbocycles. The van der Waals surface area contributed by atoms with Crippen molar-refractivity contribution in [1.29, 1.82) is 0 Å². The van der Waals surface area contributed by atoms with E-state index in [1.165, 1.54) is 37.8 Å². The number of aromatic nitrogens is 1. The molecule has 17 heavy (non-hydrogen) atoms. The van der Waals surface area contributed by atoms with Gasteiger partial charge < -0.3 is 0 Å². The monoisotopic (exact) mass is 252 g/mol. The van der Waals surface area contributed by atoms with E-state index in [2.05, 4.69) is 43.1 Å². The molecule has 2 heteroatoms. The molecule has 0 aromatic carbocycles. The van der Waals surface area contributed by atoms with Crippen molar-refractivity contribution in [3.8, 4) is 0 Å². The van der Waals surface area contributed by atoms with Gasteiger partial charge >= 0.3 is 0 Å². The van der Waals surface area contributed by atoms with Crippen molar-refractivity contribution in [3.63, 3.8) is 0 Å². The van der Waals surface area contributed by atoms with Crippen LogP contribution in [0.3, 0.4) is 0 Å². The molecule has 1 rings (SSSR count). The van der Waals surface area contributed by atoms with Crippen molar-refractivity contribution in [3.05, 3.63) is 22.2 Å². The summed E-state index contributed by atoms with van der Waals surface area (Å²) >= 11 is 1.92. The van der Waals surface area contributed by atoms with Crippen LogP contribution in [0.5, 0.6) is 0 Å². The van der Waals surface area contributed by atoms with Crippen LogP contribution in [0.1, 0.15) is 63.4 Å². The lowest BCUT2D eigenvalue weighted by molar-refractivity contribution is -0.571. The maximum absolute atomic E-state index is 2.31. The number of nitrogens with zero attached hydrogens (tertiary/aromatic N) is 1. The van der Waals surface area contributed by atoms with Crippen LogP contribution in [0.25, 0.3) is 6.20 Å². The first kappa shape index (κ1) is 14.4.